The number of nitrogens with one attached hydrogen (secondary N) is 2. The predicted molar refractivity (Wildman–Crippen MR) is 65.6 cm³/mol. The van der Waals surface area contributed by atoms with E-state index in [0.29, 0.717) is 5.69 Å². The van der Waals surface area contributed by atoms with Gasteiger partial charge in [0, 0.05) is 18.8 Å². The number of hydrogen-bond donors (Lipinski definition) is 3. The molecule has 5 nitrogen and oxygen atoms in total. The maximum absolute atomic E-state index is 11.6. The average Bonchev–Trinajstić information content (AvgIpc) is 2.33. The van der Waals surface area contributed by atoms with Gasteiger partial charge in [-0.3, -0.25) is 5.43 Å². The van der Waals surface area contributed by atoms with Crippen molar-refractivity contribution in [3.63, 3.8) is 0 Å². The van der Waals surface area contributed by atoms with Crippen LogP contribution < -0.4 is 10.7 Å². The largest absolute Gasteiger partial charge is 0.508 e. The van der Waals surface area contributed by atoms with E-state index in [9.17, 15) is 4.79 Å². The molecule has 2 rings (SSSR count). The molecule has 0 radical (unpaired) electrons. The van der Waals surface area contributed by atoms with Crippen molar-refractivity contribution in [2.75, 3.05) is 18.4 Å². The standard InChI is InChI=1S/C12H15N3O2/c16-11-6-4-10(5-7-11)13-12(17)14-15-8-2-1-3-9-15/h1-2,4-7,16H,3,8-9H2,(H2,13,14,17). The van der Waals surface area contributed by atoms with Gasteiger partial charge in [0.25, 0.3) is 0 Å². The topological polar surface area (TPSA) is 64.6 Å². The van der Waals surface area contributed by atoms with Crippen LogP contribution in [0.15, 0.2) is 36.4 Å². The quantitative estimate of drug-likeness (QED) is 0.538. The summed E-state index contributed by atoms with van der Waals surface area (Å²) in [5.41, 5.74) is 3.40. The van der Waals surface area contributed by atoms with Crippen molar-refractivity contribution in [2.45, 2.75) is 6.42 Å². The van der Waals surface area contributed by atoms with Gasteiger partial charge in [0.05, 0.1) is 0 Å². The van der Waals surface area contributed by atoms with Crippen LogP contribution >= 0.6 is 0 Å². The van der Waals surface area contributed by atoms with E-state index in [1.165, 1.54) is 12.1 Å². The molecule has 0 aromatic heterocycles. The number of nitrogens with zero attached hydrogens (tertiary/aromatic N) is 1. The zero-order valence-electron chi connectivity index (χ0n) is 9.39. The molecule has 17 heavy (non-hydrogen) atoms. The molecule has 1 heterocycles. The van der Waals surface area contributed by atoms with Gasteiger partial charge in [0.2, 0.25) is 0 Å². The van der Waals surface area contributed by atoms with Crippen LogP contribution in [0.4, 0.5) is 10.5 Å². The van der Waals surface area contributed by atoms with Gasteiger partial charge in [-0.1, -0.05) is 12.2 Å². The van der Waals surface area contributed by atoms with Crippen LogP contribution in [0.25, 0.3) is 0 Å². The number of benzene rings is 1. The Morgan fingerprint density at radius 2 is 2.00 bits per heavy atom. The number of carbonyl (C=O) groups is 1. The average molecular weight is 233 g/mol. The number of aromatic hydroxyl groups is 1. The number of anilines is 1. The molecule has 0 fully saturated rings. The van der Waals surface area contributed by atoms with E-state index in [0.717, 1.165) is 19.5 Å². The van der Waals surface area contributed by atoms with Gasteiger partial charge in [0.1, 0.15) is 5.75 Å². The van der Waals surface area contributed by atoms with E-state index in [-0.39, 0.29) is 11.8 Å². The maximum atomic E-state index is 11.6. The Morgan fingerprint density at radius 3 is 2.65 bits per heavy atom. The first-order valence-corrected chi connectivity index (χ1v) is 5.50. The number of hydrogen-bond acceptors (Lipinski definition) is 3. The highest BCUT2D eigenvalue weighted by atomic mass is 16.3. The SMILES string of the molecule is O=C(Nc1ccc(O)cc1)NN1CC=CCC1. The first kappa shape index (κ1) is 11.5. The molecule has 0 aliphatic carbocycles. The van der Waals surface area contributed by atoms with Crippen molar-refractivity contribution in [1.82, 2.24) is 10.4 Å². The molecule has 5 heteroatoms. The fourth-order valence-corrected chi connectivity index (χ4v) is 1.59. The van der Waals surface area contributed by atoms with Crippen LogP contribution in [0.1, 0.15) is 6.42 Å². The van der Waals surface area contributed by atoms with Crippen molar-refractivity contribution in [1.29, 1.82) is 0 Å². The summed E-state index contributed by atoms with van der Waals surface area (Å²) >= 11 is 0. The Kier molecular flexibility index (Phi) is 3.62. The highest BCUT2D eigenvalue weighted by Gasteiger charge is 2.09. The Labute approximate surface area is 99.7 Å². The molecule has 2 amide bonds. The molecule has 0 atom stereocenters. The molecule has 1 aromatic carbocycles. The number of carbonyl (C=O) groups excluding carboxylic acids is 1. The normalized spacial score (nSPS) is 15.5. The third-order valence-corrected chi connectivity index (χ3v) is 2.44. The molecule has 0 saturated carbocycles. The second-order valence-electron chi connectivity index (χ2n) is 3.82. The lowest BCUT2D eigenvalue weighted by Crippen LogP contribution is -2.45. The predicted octanol–water partition coefficient (Wildman–Crippen LogP) is 1.69. The molecule has 0 unspecified atom stereocenters. The lowest BCUT2D eigenvalue weighted by atomic mass is 10.3. The first-order valence-electron chi connectivity index (χ1n) is 5.50. The summed E-state index contributed by atoms with van der Waals surface area (Å²) in [5.74, 6) is 0.178. The minimum atomic E-state index is -0.272. The van der Waals surface area contributed by atoms with Crippen LogP contribution in [-0.2, 0) is 0 Å². The minimum Gasteiger partial charge on any atom is -0.508 e. The number of phenolic OH excluding ortho intramolecular Hbond substituents is 1. The summed E-state index contributed by atoms with van der Waals surface area (Å²) < 4.78 is 0. The van der Waals surface area contributed by atoms with E-state index in [1.54, 1.807) is 12.1 Å². The Morgan fingerprint density at radius 1 is 1.24 bits per heavy atom. The Bertz CT molecular complexity index is 414. The summed E-state index contributed by atoms with van der Waals surface area (Å²) in [7, 11) is 0. The maximum Gasteiger partial charge on any atom is 0.333 e. The molecule has 3 N–H and O–H groups in total. The Hall–Kier alpha value is -2.01. The minimum absolute atomic E-state index is 0.178. The molecular weight excluding hydrogens is 218 g/mol. The monoisotopic (exact) mass is 233 g/mol. The highest BCUT2D eigenvalue weighted by molar-refractivity contribution is 5.88. The van der Waals surface area contributed by atoms with Crippen LogP contribution in [0, 0.1) is 0 Å². The van der Waals surface area contributed by atoms with Gasteiger partial charge in [-0.25, -0.2) is 9.80 Å². The second-order valence-corrected chi connectivity index (χ2v) is 3.82. The van der Waals surface area contributed by atoms with Crippen LogP contribution in [0.5, 0.6) is 5.75 Å². The van der Waals surface area contributed by atoms with Gasteiger partial charge >= 0.3 is 6.03 Å². The summed E-state index contributed by atoms with van der Waals surface area (Å²) in [6, 6.07) is 6.07. The summed E-state index contributed by atoms with van der Waals surface area (Å²) in [6.07, 6.45) is 5.06. The van der Waals surface area contributed by atoms with E-state index >= 15 is 0 Å². The number of hydrazine groups is 1. The molecule has 1 aliphatic rings. The molecule has 1 aromatic rings. The van der Waals surface area contributed by atoms with Gasteiger partial charge in [-0.15, -0.1) is 0 Å². The van der Waals surface area contributed by atoms with E-state index in [2.05, 4.69) is 16.8 Å². The Balaban J connectivity index is 1.84. The number of urea groups is 1. The number of amides is 2. The molecule has 0 saturated heterocycles. The van der Waals surface area contributed by atoms with Crippen LogP contribution in [-0.4, -0.2) is 29.2 Å². The number of rotatable bonds is 2. The van der Waals surface area contributed by atoms with Crippen molar-refractivity contribution >= 4 is 11.7 Å². The summed E-state index contributed by atoms with van der Waals surface area (Å²) in [4.78, 5) is 11.6. The zero-order valence-corrected chi connectivity index (χ0v) is 9.39. The number of phenols is 1. The highest BCUT2D eigenvalue weighted by Crippen LogP contribution is 2.13. The fraction of sp³-hybridized carbons (Fsp3) is 0.250. The van der Waals surface area contributed by atoms with Crippen molar-refractivity contribution < 1.29 is 9.90 Å². The van der Waals surface area contributed by atoms with E-state index in [1.807, 2.05) is 11.1 Å². The summed E-state index contributed by atoms with van der Waals surface area (Å²) in [5, 5.41) is 13.6. The third kappa shape index (κ3) is 3.49. The molecule has 1 aliphatic heterocycles. The second kappa shape index (κ2) is 5.36. The van der Waals surface area contributed by atoms with Crippen LogP contribution in [0.2, 0.25) is 0 Å². The van der Waals surface area contributed by atoms with Gasteiger partial charge in [-0.2, -0.15) is 0 Å². The third-order valence-electron chi connectivity index (χ3n) is 2.44. The lowest BCUT2D eigenvalue weighted by molar-refractivity contribution is 0.196. The fourth-order valence-electron chi connectivity index (χ4n) is 1.59. The summed E-state index contributed by atoms with van der Waals surface area (Å²) in [6.45, 7) is 1.54. The van der Waals surface area contributed by atoms with Crippen molar-refractivity contribution in [3.8, 4) is 5.75 Å². The van der Waals surface area contributed by atoms with Gasteiger partial charge < -0.3 is 10.4 Å². The molecule has 90 valence electrons. The smallest absolute Gasteiger partial charge is 0.333 e. The lowest BCUT2D eigenvalue weighted by Gasteiger charge is -2.23. The van der Waals surface area contributed by atoms with E-state index < -0.39 is 0 Å². The zero-order chi connectivity index (χ0) is 12.1. The van der Waals surface area contributed by atoms with Gasteiger partial charge in [0.15, 0.2) is 0 Å². The molecular formula is C12H15N3O2. The van der Waals surface area contributed by atoms with E-state index in [4.69, 9.17) is 5.11 Å². The molecule has 0 bridgehead atoms. The van der Waals surface area contributed by atoms with Crippen molar-refractivity contribution in [2.24, 2.45) is 0 Å². The van der Waals surface area contributed by atoms with Crippen molar-refractivity contribution in [3.05, 3.63) is 36.4 Å². The van der Waals surface area contributed by atoms with Gasteiger partial charge in [-0.05, 0) is 30.7 Å². The first-order chi connectivity index (χ1) is 8.24. The van der Waals surface area contributed by atoms with Crippen LogP contribution in [0.3, 0.4) is 0 Å². The molecule has 0 spiro atoms.